The summed E-state index contributed by atoms with van der Waals surface area (Å²) in [6, 6.07) is 3.54. The van der Waals surface area contributed by atoms with Crippen molar-refractivity contribution in [3.8, 4) is 0 Å². The molecule has 4 bridgehead atoms. The predicted molar refractivity (Wildman–Crippen MR) is 168 cm³/mol. The minimum Gasteiger partial charge on any atom is -0.455 e. The molecule has 9 heteroatoms. The van der Waals surface area contributed by atoms with E-state index in [2.05, 4.69) is 77.8 Å². The normalized spacial score (nSPS) is 41.6. The molecule has 2 N–H and O–H groups in total. The van der Waals surface area contributed by atoms with Crippen molar-refractivity contribution < 1.29 is 33.3 Å². The summed E-state index contributed by atoms with van der Waals surface area (Å²) in [6.45, 7) is 20.0. The second-order valence-electron chi connectivity index (χ2n) is 15.0. The van der Waals surface area contributed by atoms with Crippen molar-refractivity contribution in [3.63, 3.8) is 0 Å². The SMILES string of the molecule is CO[C@@H]1CO[C@H](C(C)O)[C@H](C)/C=C(\C)[C@]23O[C@@H]4[C@H](C=C[C@@H]2C1)[C@H]3[C@H](O[Si](C)(C)C(C)(C)C)[C@@H](C)[C@H]4OC(=O)c1ccc[nH]1. The maximum absolute atomic E-state index is 13.4. The summed E-state index contributed by atoms with van der Waals surface area (Å²) in [5, 5.41) is 10.7. The molecular formula is C34H53NO7Si. The van der Waals surface area contributed by atoms with E-state index in [9.17, 15) is 9.90 Å². The van der Waals surface area contributed by atoms with Gasteiger partial charge in [-0.15, -0.1) is 0 Å². The lowest BCUT2D eigenvalue weighted by atomic mass is 9.57. The van der Waals surface area contributed by atoms with E-state index >= 15 is 0 Å². The van der Waals surface area contributed by atoms with Crippen LogP contribution in [0.15, 0.2) is 42.1 Å². The lowest BCUT2D eigenvalue weighted by Gasteiger charge is -2.53. The topological polar surface area (TPSA) is 99.2 Å². The minimum atomic E-state index is -2.25. The number of aromatic amines is 1. The molecule has 1 saturated heterocycles. The molecule has 1 unspecified atom stereocenters. The third-order valence-electron chi connectivity index (χ3n) is 11.2. The van der Waals surface area contributed by atoms with Crippen LogP contribution in [-0.4, -0.2) is 80.3 Å². The molecule has 2 aliphatic heterocycles. The van der Waals surface area contributed by atoms with Crippen molar-refractivity contribution >= 4 is 14.3 Å². The molecule has 240 valence electrons. The fraction of sp³-hybridized carbons (Fsp3) is 0.735. The molecule has 1 aromatic heterocycles. The number of hydrogen-bond acceptors (Lipinski definition) is 7. The first kappa shape index (κ1) is 32.6. The molecule has 2 aliphatic carbocycles. The van der Waals surface area contributed by atoms with E-state index in [1.54, 1.807) is 32.4 Å². The second-order valence-corrected chi connectivity index (χ2v) is 19.7. The highest BCUT2D eigenvalue weighted by atomic mass is 28.4. The van der Waals surface area contributed by atoms with Crippen LogP contribution in [0.2, 0.25) is 18.1 Å². The van der Waals surface area contributed by atoms with Gasteiger partial charge >= 0.3 is 5.97 Å². The van der Waals surface area contributed by atoms with Crippen molar-refractivity contribution in [3.05, 3.63) is 47.8 Å². The van der Waals surface area contributed by atoms with Crippen molar-refractivity contribution in [2.24, 2.45) is 29.6 Å². The van der Waals surface area contributed by atoms with Crippen LogP contribution in [0.3, 0.4) is 0 Å². The number of carbonyl (C=O) groups excluding carboxylic acids is 1. The smallest absolute Gasteiger partial charge is 0.355 e. The zero-order chi connectivity index (χ0) is 31.5. The average molecular weight is 616 g/mol. The van der Waals surface area contributed by atoms with Gasteiger partial charge in [-0.3, -0.25) is 0 Å². The molecule has 1 spiro atoms. The first-order valence-corrected chi connectivity index (χ1v) is 18.9. The van der Waals surface area contributed by atoms with Crippen molar-refractivity contribution in [2.45, 2.75) is 115 Å². The number of aliphatic hydroxyl groups excluding tert-OH is 1. The quantitative estimate of drug-likeness (QED) is 0.233. The number of nitrogens with one attached hydrogen (secondary N) is 1. The molecule has 2 fully saturated rings. The van der Waals surface area contributed by atoms with Gasteiger partial charge in [-0.25, -0.2) is 4.79 Å². The first-order valence-electron chi connectivity index (χ1n) is 16.0. The summed E-state index contributed by atoms with van der Waals surface area (Å²) < 4.78 is 33.3. The van der Waals surface area contributed by atoms with Gasteiger partial charge in [-0.1, -0.05) is 52.8 Å². The van der Waals surface area contributed by atoms with Crippen LogP contribution in [0.5, 0.6) is 0 Å². The van der Waals surface area contributed by atoms with E-state index in [4.69, 9.17) is 23.4 Å². The van der Waals surface area contributed by atoms with Crippen LogP contribution in [0.25, 0.3) is 0 Å². The number of aromatic nitrogens is 1. The number of methoxy groups -OCH3 is 1. The molecule has 12 atom stereocenters. The highest BCUT2D eigenvalue weighted by molar-refractivity contribution is 6.74. The van der Waals surface area contributed by atoms with Crippen LogP contribution < -0.4 is 0 Å². The Morgan fingerprint density at radius 1 is 1.21 bits per heavy atom. The summed E-state index contributed by atoms with van der Waals surface area (Å²) in [7, 11) is -0.527. The first-order chi connectivity index (χ1) is 20.1. The average Bonchev–Trinajstić information content (AvgIpc) is 3.52. The summed E-state index contributed by atoms with van der Waals surface area (Å²) in [4.78, 5) is 16.4. The van der Waals surface area contributed by atoms with Gasteiger partial charge in [0.15, 0.2) is 8.32 Å². The largest absolute Gasteiger partial charge is 0.455 e. The third kappa shape index (κ3) is 5.63. The molecule has 5 rings (SSSR count). The van der Waals surface area contributed by atoms with Crippen LogP contribution in [0.4, 0.5) is 0 Å². The monoisotopic (exact) mass is 615 g/mol. The predicted octanol–water partition coefficient (Wildman–Crippen LogP) is 5.90. The number of ether oxygens (including phenoxy) is 4. The summed E-state index contributed by atoms with van der Waals surface area (Å²) >= 11 is 0. The molecule has 1 aromatic rings. The van der Waals surface area contributed by atoms with E-state index in [0.717, 1.165) is 5.57 Å². The van der Waals surface area contributed by atoms with Crippen LogP contribution in [0, 0.1) is 29.6 Å². The van der Waals surface area contributed by atoms with E-state index in [0.29, 0.717) is 18.7 Å². The third-order valence-corrected chi connectivity index (χ3v) is 15.7. The number of H-pyrrole nitrogens is 1. The minimum absolute atomic E-state index is 0.000168. The molecule has 1 saturated carbocycles. The Kier molecular flexibility index (Phi) is 9.01. The van der Waals surface area contributed by atoms with Crippen LogP contribution in [-0.2, 0) is 23.4 Å². The number of carbonyl (C=O) groups is 1. The summed E-state index contributed by atoms with van der Waals surface area (Å²) in [6.07, 6.45) is 7.09. The fourth-order valence-electron chi connectivity index (χ4n) is 7.91. The Balaban J connectivity index is 1.65. The molecule has 43 heavy (non-hydrogen) atoms. The Hall–Kier alpha value is -1.75. The highest BCUT2D eigenvalue weighted by Gasteiger charge is 2.70. The molecule has 8 nitrogen and oxygen atoms in total. The van der Waals surface area contributed by atoms with E-state index in [1.165, 1.54) is 0 Å². The molecule has 4 aliphatic rings. The zero-order valence-electron chi connectivity index (χ0n) is 27.6. The van der Waals surface area contributed by atoms with Gasteiger partial charge < -0.3 is 33.5 Å². The van der Waals surface area contributed by atoms with Gasteiger partial charge in [0.25, 0.3) is 0 Å². The Morgan fingerprint density at radius 3 is 2.53 bits per heavy atom. The van der Waals surface area contributed by atoms with Crippen molar-refractivity contribution in [1.82, 2.24) is 4.98 Å². The van der Waals surface area contributed by atoms with E-state index in [1.807, 2.05) is 0 Å². The highest BCUT2D eigenvalue weighted by Crippen LogP contribution is 2.62. The van der Waals surface area contributed by atoms with E-state index in [-0.39, 0.29) is 65.0 Å². The number of hydrogen-bond donors (Lipinski definition) is 2. The lowest BCUT2D eigenvalue weighted by Crippen LogP contribution is -2.60. The van der Waals surface area contributed by atoms with Crippen LogP contribution >= 0.6 is 0 Å². The molecule has 3 heterocycles. The molecule has 0 aromatic carbocycles. The van der Waals surface area contributed by atoms with Crippen LogP contribution in [0.1, 0.15) is 65.4 Å². The maximum Gasteiger partial charge on any atom is 0.355 e. The number of esters is 1. The molecular weight excluding hydrogens is 562 g/mol. The van der Waals surface area contributed by atoms with Gasteiger partial charge in [-0.05, 0) is 56.1 Å². The zero-order valence-corrected chi connectivity index (χ0v) is 28.6. The van der Waals surface area contributed by atoms with Crippen molar-refractivity contribution in [1.29, 1.82) is 0 Å². The van der Waals surface area contributed by atoms with E-state index < -0.39 is 26.1 Å². The maximum atomic E-state index is 13.4. The molecule has 0 amide bonds. The number of rotatable bonds is 6. The fourth-order valence-corrected chi connectivity index (χ4v) is 9.30. The van der Waals surface area contributed by atoms with Gasteiger partial charge in [0.2, 0.25) is 0 Å². The Morgan fingerprint density at radius 2 is 1.93 bits per heavy atom. The Bertz CT molecular complexity index is 1200. The summed E-state index contributed by atoms with van der Waals surface area (Å²) in [5.41, 5.74) is 0.870. The second kappa shape index (κ2) is 11.9. The lowest BCUT2D eigenvalue weighted by molar-refractivity contribution is -0.117. The summed E-state index contributed by atoms with van der Waals surface area (Å²) in [5.74, 6) is -0.457. The Labute approximate surface area is 258 Å². The number of aliphatic hydroxyl groups is 1. The van der Waals surface area contributed by atoms with Crippen molar-refractivity contribution in [2.75, 3.05) is 13.7 Å². The van der Waals surface area contributed by atoms with Gasteiger partial charge in [0.1, 0.15) is 23.5 Å². The van der Waals surface area contributed by atoms with Gasteiger partial charge in [-0.2, -0.15) is 0 Å². The molecule has 0 radical (unpaired) electrons. The standard InChI is InChI=1S/C34H53NO7Si/c1-19-16-20(2)34-23(17-24(38-8)18-39-28(19)22(4)36)13-14-25-27(34)29(42-43(9,10)33(5,6)7)21(3)30(31(25)41-34)40-32(37)26-12-11-15-35-26/h11-16,19,21-25,27-31,35-36H,17-18H2,1-10H3/b20-16+/t19-,21-,22?,23-,24+,25-,27+,28+,29-,30-,31-,34+/m1/s1. The van der Waals surface area contributed by atoms with Gasteiger partial charge in [0, 0.05) is 42.9 Å². The van der Waals surface area contributed by atoms with Gasteiger partial charge in [0.05, 0.1) is 31.0 Å².